The lowest BCUT2D eigenvalue weighted by Crippen LogP contribution is -2.34. The number of rotatable bonds is 8. The molecule has 0 radical (unpaired) electrons. The molecule has 0 saturated heterocycles. The average molecular weight is 244 g/mol. The number of unbranched alkanes of at least 4 members (excludes halogenated alkanes) is 2. The molecule has 1 unspecified atom stereocenters. The number of hydrogen-bond donors (Lipinski definition) is 0. The third-order valence-electron chi connectivity index (χ3n) is 2.81. The molecular formula is C14H28O3. The second-order valence-corrected chi connectivity index (χ2v) is 5.45. The maximum Gasteiger partial charge on any atom is 0.311 e. The SMILES string of the molecule is CCCCCOC(=O)C(COCC)C(C)(C)C. The van der Waals surface area contributed by atoms with Crippen molar-refractivity contribution in [2.75, 3.05) is 19.8 Å². The van der Waals surface area contributed by atoms with E-state index in [0.717, 1.165) is 19.3 Å². The van der Waals surface area contributed by atoms with E-state index in [-0.39, 0.29) is 17.3 Å². The zero-order chi connectivity index (χ0) is 13.3. The number of hydrogen-bond acceptors (Lipinski definition) is 3. The summed E-state index contributed by atoms with van der Waals surface area (Å²) in [4.78, 5) is 12.0. The normalized spacial score (nSPS) is 13.5. The zero-order valence-electron chi connectivity index (χ0n) is 12.0. The molecule has 0 spiro atoms. The maximum atomic E-state index is 12.0. The van der Waals surface area contributed by atoms with Gasteiger partial charge in [-0.05, 0) is 18.8 Å². The minimum absolute atomic E-state index is 0.114. The van der Waals surface area contributed by atoms with Crippen molar-refractivity contribution in [1.29, 1.82) is 0 Å². The number of carbonyl (C=O) groups excluding carboxylic acids is 1. The monoisotopic (exact) mass is 244 g/mol. The minimum atomic E-state index is -0.177. The Balaban J connectivity index is 4.14. The molecule has 0 aliphatic rings. The predicted molar refractivity (Wildman–Crippen MR) is 69.9 cm³/mol. The highest BCUT2D eigenvalue weighted by molar-refractivity contribution is 5.73. The van der Waals surface area contributed by atoms with Gasteiger partial charge in [0.05, 0.1) is 19.1 Å². The van der Waals surface area contributed by atoms with Crippen molar-refractivity contribution in [3.8, 4) is 0 Å². The molecule has 0 rings (SSSR count). The summed E-state index contributed by atoms with van der Waals surface area (Å²) in [5.41, 5.74) is -0.114. The fraction of sp³-hybridized carbons (Fsp3) is 0.929. The topological polar surface area (TPSA) is 35.5 Å². The molecule has 3 heteroatoms. The highest BCUT2D eigenvalue weighted by Gasteiger charge is 2.32. The summed E-state index contributed by atoms with van der Waals surface area (Å²) in [6, 6.07) is 0. The van der Waals surface area contributed by atoms with Gasteiger partial charge in [-0.3, -0.25) is 4.79 Å². The zero-order valence-corrected chi connectivity index (χ0v) is 12.0. The Labute approximate surface area is 106 Å². The van der Waals surface area contributed by atoms with Crippen LogP contribution in [0.25, 0.3) is 0 Å². The smallest absolute Gasteiger partial charge is 0.311 e. The summed E-state index contributed by atoms with van der Waals surface area (Å²) in [6.07, 6.45) is 3.20. The van der Waals surface area contributed by atoms with Crippen molar-refractivity contribution in [1.82, 2.24) is 0 Å². The second-order valence-electron chi connectivity index (χ2n) is 5.45. The van der Waals surface area contributed by atoms with E-state index < -0.39 is 0 Å². The van der Waals surface area contributed by atoms with Crippen molar-refractivity contribution in [3.63, 3.8) is 0 Å². The molecule has 0 heterocycles. The van der Waals surface area contributed by atoms with Crippen LogP contribution in [0.3, 0.4) is 0 Å². The van der Waals surface area contributed by atoms with Gasteiger partial charge >= 0.3 is 5.97 Å². The van der Waals surface area contributed by atoms with Gasteiger partial charge in [0.2, 0.25) is 0 Å². The van der Waals surface area contributed by atoms with Crippen molar-refractivity contribution in [3.05, 3.63) is 0 Å². The molecule has 0 aromatic carbocycles. The van der Waals surface area contributed by atoms with Crippen LogP contribution in [0.15, 0.2) is 0 Å². The molecule has 17 heavy (non-hydrogen) atoms. The fourth-order valence-electron chi connectivity index (χ4n) is 1.53. The third-order valence-corrected chi connectivity index (χ3v) is 2.81. The Hall–Kier alpha value is -0.570. The average Bonchev–Trinajstić information content (AvgIpc) is 2.23. The lowest BCUT2D eigenvalue weighted by molar-refractivity contribution is -0.155. The predicted octanol–water partition coefficient (Wildman–Crippen LogP) is 3.42. The van der Waals surface area contributed by atoms with E-state index in [0.29, 0.717) is 19.8 Å². The molecule has 0 saturated carbocycles. The molecule has 1 atom stereocenters. The van der Waals surface area contributed by atoms with Crippen LogP contribution in [0.4, 0.5) is 0 Å². The number of esters is 1. The van der Waals surface area contributed by atoms with E-state index in [1.807, 2.05) is 27.7 Å². The molecule has 0 fully saturated rings. The second kappa shape index (κ2) is 8.51. The van der Waals surface area contributed by atoms with E-state index >= 15 is 0 Å². The van der Waals surface area contributed by atoms with Gasteiger partial charge in [0.25, 0.3) is 0 Å². The molecule has 0 aromatic rings. The summed E-state index contributed by atoms with van der Waals surface area (Å²) in [7, 11) is 0. The molecule has 0 N–H and O–H groups in total. The lowest BCUT2D eigenvalue weighted by Gasteiger charge is -2.28. The van der Waals surface area contributed by atoms with Crippen LogP contribution in [0, 0.1) is 11.3 Å². The highest BCUT2D eigenvalue weighted by atomic mass is 16.5. The van der Waals surface area contributed by atoms with E-state index in [1.165, 1.54) is 0 Å². The number of carbonyl (C=O) groups is 1. The first-order valence-corrected chi connectivity index (χ1v) is 6.67. The van der Waals surface area contributed by atoms with Crippen molar-refractivity contribution >= 4 is 5.97 Å². The summed E-state index contributed by atoms with van der Waals surface area (Å²) >= 11 is 0. The first-order chi connectivity index (χ1) is 7.93. The van der Waals surface area contributed by atoms with E-state index in [1.54, 1.807) is 0 Å². The van der Waals surface area contributed by atoms with Gasteiger partial charge in [0.1, 0.15) is 0 Å². The summed E-state index contributed by atoms with van der Waals surface area (Å²) in [5.74, 6) is -0.300. The van der Waals surface area contributed by atoms with Crippen LogP contribution in [-0.2, 0) is 14.3 Å². The van der Waals surface area contributed by atoms with E-state index in [4.69, 9.17) is 9.47 Å². The molecule has 0 bridgehead atoms. The number of ether oxygens (including phenoxy) is 2. The summed E-state index contributed by atoms with van der Waals surface area (Å²) in [6.45, 7) is 11.8. The van der Waals surface area contributed by atoms with Gasteiger partial charge in [-0.2, -0.15) is 0 Å². The van der Waals surface area contributed by atoms with Gasteiger partial charge in [0.15, 0.2) is 0 Å². The molecular weight excluding hydrogens is 216 g/mol. The molecule has 3 nitrogen and oxygen atoms in total. The van der Waals surface area contributed by atoms with Crippen LogP contribution in [0.2, 0.25) is 0 Å². The van der Waals surface area contributed by atoms with Crippen LogP contribution < -0.4 is 0 Å². The van der Waals surface area contributed by atoms with Crippen LogP contribution in [-0.4, -0.2) is 25.8 Å². The Morgan fingerprint density at radius 3 is 2.29 bits per heavy atom. The Morgan fingerprint density at radius 2 is 1.82 bits per heavy atom. The Kier molecular flexibility index (Phi) is 8.23. The standard InChI is InChI=1S/C14H28O3/c1-6-8-9-10-17-13(15)12(11-16-7-2)14(3,4)5/h12H,6-11H2,1-5H3. The van der Waals surface area contributed by atoms with E-state index in [9.17, 15) is 4.79 Å². The Morgan fingerprint density at radius 1 is 1.18 bits per heavy atom. The largest absolute Gasteiger partial charge is 0.465 e. The lowest BCUT2D eigenvalue weighted by atomic mass is 9.81. The quantitative estimate of drug-likeness (QED) is 0.485. The van der Waals surface area contributed by atoms with Crippen molar-refractivity contribution < 1.29 is 14.3 Å². The van der Waals surface area contributed by atoms with Gasteiger partial charge < -0.3 is 9.47 Å². The minimum Gasteiger partial charge on any atom is -0.465 e. The van der Waals surface area contributed by atoms with Crippen LogP contribution >= 0.6 is 0 Å². The summed E-state index contributed by atoms with van der Waals surface area (Å²) < 4.78 is 10.7. The molecule has 0 aliphatic carbocycles. The molecule has 102 valence electrons. The summed E-state index contributed by atoms with van der Waals surface area (Å²) in [5, 5.41) is 0. The van der Waals surface area contributed by atoms with E-state index in [2.05, 4.69) is 6.92 Å². The van der Waals surface area contributed by atoms with Gasteiger partial charge in [-0.1, -0.05) is 40.5 Å². The van der Waals surface area contributed by atoms with Gasteiger partial charge in [0, 0.05) is 6.61 Å². The Bertz CT molecular complexity index is 206. The van der Waals surface area contributed by atoms with Crippen LogP contribution in [0.5, 0.6) is 0 Å². The van der Waals surface area contributed by atoms with Gasteiger partial charge in [-0.15, -0.1) is 0 Å². The first-order valence-electron chi connectivity index (χ1n) is 6.67. The highest BCUT2D eigenvalue weighted by Crippen LogP contribution is 2.27. The molecule has 0 aromatic heterocycles. The molecule has 0 amide bonds. The van der Waals surface area contributed by atoms with Crippen molar-refractivity contribution in [2.45, 2.75) is 53.9 Å². The van der Waals surface area contributed by atoms with Crippen molar-refractivity contribution in [2.24, 2.45) is 11.3 Å². The van der Waals surface area contributed by atoms with Gasteiger partial charge in [-0.25, -0.2) is 0 Å². The third kappa shape index (κ3) is 7.37. The fourth-order valence-corrected chi connectivity index (χ4v) is 1.53. The maximum absolute atomic E-state index is 12.0. The first kappa shape index (κ1) is 16.4. The van der Waals surface area contributed by atoms with Crippen LogP contribution in [0.1, 0.15) is 53.9 Å². The molecule has 0 aliphatic heterocycles.